The van der Waals surface area contributed by atoms with Crippen molar-refractivity contribution in [3.63, 3.8) is 0 Å². The van der Waals surface area contributed by atoms with Gasteiger partial charge in [-0.1, -0.05) is 0 Å². The third-order valence-electron chi connectivity index (χ3n) is 5.39. The van der Waals surface area contributed by atoms with E-state index in [-0.39, 0.29) is 11.8 Å². The number of nitrogens with one attached hydrogen (secondary N) is 3. The SMILES string of the molecule is CN(C)c1ccc(C(=O)Nc2ccc(Nc3ccc(NC(=O)c4ccc(N)cc4)cc3)cc2)cc1. The van der Waals surface area contributed by atoms with Gasteiger partial charge in [0.15, 0.2) is 0 Å². The highest BCUT2D eigenvalue weighted by Crippen LogP contribution is 2.22. The van der Waals surface area contributed by atoms with Crippen molar-refractivity contribution in [1.82, 2.24) is 0 Å². The smallest absolute Gasteiger partial charge is 0.255 e. The quantitative estimate of drug-likeness (QED) is 0.267. The molecule has 0 radical (unpaired) electrons. The molecule has 5 N–H and O–H groups in total. The number of benzene rings is 4. The molecule has 4 aromatic rings. The molecule has 0 aliphatic rings. The van der Waals surface area contributed by atoms with Gasteiger partial charge in [-0.3, -0.25) is 9.59 Å². The molecule has 0 spiro atoms. The number of carbonyl (C=O) groups excluding carboxylic acids is 2. The molecule has 7 heteroatoms. The summed E-state index contributed by atoms with van der Waals surface area (Å²) in [5.74, 6) is -0.357. The summed E-state index contributed by atoms with van der Waals surface area (Å²) in [6.07, 6.45) is 0. The maximum absolute atomic E-state index is 12.5. The molecule has 7 nitrogen and oxygen atoms in total. The van der Waals surface area contributed by atoms with E-state index in [1.54, 1.807) is 24.3 Å². The first kappa shape index (κ1) is 23.4. The molecule has 0 saturated heterocycles. The van der Waals surface area contributed by atoms with Crippen LogP contribution in [-0.4, -0.2) is 25.9 Å². The summed E-state index contributed by atoms with van der Waals surface area (Å²) in [6, 6.07) is 29.1. The minimum absolute atomic E-state index is 0.160. The van der Waals surface area contributed by atoms with Gasteiger partial charge in [0.2, 0.25) is 0 Å². The molecule has 176 valence electrons. The van der Waals surface area contributed by atoms with Crippen LogP contribution in [0.1, 0.15) is 20.7 Å². The third-order valence-corrected chi connectivity index (χ3v) is 5.39. The Labute approximate surface area is 204 Å². The Balaban J connectivity index is 1.32. The second-order valence-electron chi connectivity index (χ2n) is 8.25. The number of nitrogen functional groups attached to an aromatic ring is 1. The van der Waals surface area contributed by atoms with Crippen LogP contribution in [0, 0.1) is 0 Å². The lowest BCUT2D eigenvalue weighted by atomic mass is 10.1. The van der Waals surface area contributed by atoms with Crippen LogP contribution in [0.15, 0.2) is 97.1 Å². The fourth-order valence-electron chi connectivity index (χ4n) is 3.39. The predicted molar refractivity (Wildman–Crippen MR) is 144 cm³/mol. The molecular formula is C28H27N5O2. The highest BCUT2D eigenvalue weighted by atomic mass is 16.2. The van der Waals surface area contributed by atoms with Gasteiger partial charge in [-0.05, 0) is 97.1 Å². The molecule has 0 saturated carbocycles. The van der Waals surface area contributed by atoms with Crippen molar-refractivity contribution in [3.05, 3.63) is 108 Å². The van der Waals surface area contributed by atoms with Gasteiger partial charge >= 0.3 is 0 Å². The van der Waals surface area contributed by atoms with E-state index >= 15 is 0 Å². The van der Waals surface area contributed by atoms with Crippen molar-refractivity contribution in [1.29, 1.82) is 0 Å². The van der Waals surface area contributed by atoms with E-state index < -0.39 is 0 Å². The first-order valence-electron chi connectivity index (χ1n) is 11.1. The van der Waals surface area contributed by atoms with Gasteiger partial charge in [-0.25, -0.2) is 0 Å². The van der Waals surface area contributed by atoms with Crippen molar-refractivity contribution in [2.24, 2.45) is 0 Å². The number of hydrogen-bond donors (Lipinski definition) is 4. The molecule has 0 aliphatic heterocycles. The summed E-state index contributed by atoms with van der Waals surface area (Å²) in [5.41, 5.74) is 11.6. The molecule has 35 heavy (non-hydrogen) atoms. The molecule has 0 unspecified atom stereocenters. The number of hydrogen-bond acceptors (Lipinski definition) is 5. The highest BCUT2D eigenvalue weighted by molar-refractivity contribution is 6.05. The molecule has 0 aliphatic carbocycles. The fourth-order valence-corrected chi connectivity index (χ4v) is 3.39. The summed E-state index contributed by atoms with van der Waals surface area (Å²) >= 11 is 0. The zero-order chi connectivity index (χ0) is 24.8. The molecule has 0 aromatic heterocycles. The van der Waals surface area contributed by atoms with E-state index in [2.05, 4.69) is 16.0 Å². The summed E-state index contributed by atoms with van der Waals surface area (Å²) in [6.45, 7) is 0. The van der Waals surface area contributed by atoms with E-state index in [0.717, 1.165) is 17.1 Å². The third kappa shape index (κ3) is 6.17. The second-order valence-corrected chi connectivity index (χ2v) is 8.25. The predicted octanol–water partition coefficient (Wildman–Crippen LogP) is 5.58. The Morgan fingerprint density at radius 1 is 0.571 bits per heavy atom. The van der Waals surface area contributed by atoms with Gasteiger partial charge in [-0.2, -0.15) is 0 Å². The van der Waals surface area contributed by atoms with Crippen LogP contribution in [0.2, 0.25) is 0 Å². The monoisotopic (exact) mass is 465 g/mol. The topological polar surface area (TPSA) is 99.5 Å². The Morgan fingerprint density at radius 3 is 1.34 bits per heavy atom. The van der Waals surface area contributed by atoms with Crippen LogP contribution in [0.4, 0.5) is 34.1 Å². The molecule has 0 atom stereocenters. The maximum atomic E-state index is 12.5. The molecule has 0 fully saturated rings. The van der Waals surface area contributed by atoms with Gasteiger partial charge in [0, 0.05) is 59.3 Å². The average Bonchev–Trinajstić information content (AvgIpc) is 2.87. The number of carbonyl (C=O) groups is 2. The number of nitrogens with two attached hydrogens (primary N) is 1. The average molecular weight is 466 g/mol. The van der Waals surface area contributed by atoms with Crippen LogP contribution in [0.3, 0.4) is 0 Å². The second kappa shape index (κ2) is 10.4. The molecule has 0 bridgehead atoms. The van der Waals surface area contributed by atoms with E-state index in [1.165, 1.54) is 0 Å². The first-order valence-corrected chi connectivity index (χ1v) is 11.1. The standard InChI is InChI=1S/C28H27N5O2/c1-33(2)26-17-5-20(6-18-26)28(35)32-25-15-11-23(12-16-25)30-22-9-13-24(14-10-22)31-27(34)19-3-7-21(29)8-4-19/h3-18,30H,29H2,1-2H3,(H,31,34)(H,32,35). The lowest BCUT2D eigenvalue weighted by molar-refractivity contribution is 0.101. The number of rotatable bonds is 7. The molecular weight excluding hydrogens is 438 g/mol. The normalized spacial score (nSPS) is 10.3. The first-order chi connectivity index (χ1) is 16.9. The Hall–Kier alpha value is -4.78. The van der Waals surface area contributed by atoms with Crippen molar-refractivity contribution in [2.45, 2.75) is 0 Å². The van der Waals surface area contributed by atoms with E-state index in [4.69, 9.17) is 5.73 Å². The molecule has 4 aromatic carbocycles. The van der Waals surface area contributed by atoms with E-state index in [9.17, 15) is 9.59 Å². The molecule has 4 rings (SSSR count). The van der Waals surface area contributed by atoms with Crippen LogP contribution >= 0.6 is 0 Å². The summed E-state index contributed by atoms with van der Waals surface area (Å²) < 4.78 is 0. The van der Waals surface area contributed by atoms with Crippen molar-refractivity contribution in [3.8, 4) is 0 Å². The molecule has 2 amide bonds. The number of amides is 2. The van der Waals surface area contributed by atoms with Crippen LogP contribution in [0.25, 0.3) is 0 Å². The van der Waals surface area contributed by atoms with Crippen molar-refractivity contribution >= 4 is 45.9 Å². The number of anilines is 6. The van der Waals surface area contributed by atoms with E-state index in [0.29, 0.717) is 28.2 Å². The minimum atomic E-state index is -0.197. The van der Waals surface area contributed by atoms with Gasteiger partial charge < -0.3 is 26.6 Å². The summed E-state index contributed by atoms with van der Waals surface area (Å²) in [7, 11) is 3.92. The minimum Gasteiger partial charge on any atom is -0.399 e. The Kier molecular flexibility index (Phi) is 6.97. The zero-order valence-corrected chi connectivity index (χ0v) is 19.6. The fraction of sp³-hybridized carbons (Fsp3) is 0.0714. The van der Waals surface area contributed by atoms with Gasteiger partial charge in [0.1, 0.15) is 0 Å². The van der Waals surface area contributed by atoms with Crippen LogP contribution in [-0.2, 0) is 0 Å². The summed E-state index contributed by atoms with van der Waals surface area (Å²) in [5, 5.41) is 9.09. The van der Waals surface area contributed by atoms with Crippen molar-refractivity contribution < 1.29 is 9.59 Å². The van der Waals surface area contributed by atoms with Gasteiger partial charge in [0.25, 0.3) is 11.8 Å². The van der Waals surface area contributed by atoms with Gasteiger partial charge in [0.05, 0.1) is 0 Å². The van der Waals surface area contributed by atoms with Crippen LogP contribution in [0.5, 0.6) is 0 Å². The van der Waals surface area contributed by atoms with E-state index in [1.807, 2.05) is 91.8 Å². The Bertz CT molecular complexity index is 1300. The highest BCUT2D eigenvalue weighted by Gasteiger charge is 2.08. The van der Waals surface area contributed by atoms with Crippen molar-refractivity contribution in [2.75, 3.05) is 40.7 Å². The lowest BCUT2D eigenvalue weighted by Gasteiger charge is -2.13. The number of nitrogens with zero attached hydrogens (tertiary/aromatic N) is 1. The van der Waals surface area contributed by atoms with Gasteiger partial charge in [-0.15, -0.1) is 0 Å². The van der Waals surface area contributed by atoms with Crippen LogP contribution < -0.4 is 26.6 Å². The zero-order valence-electron chi connectivity index (χ0n) is 19.6. The molecule has 0 heterocycles. The largest absolute Gasteiger partial charge is 0.399 e. The Morgan fingerprint density at radius 2 is 0.943 bits per heavy atom. The summed E-state index contributed by atoms with van der Waals surface area (Å²) in [4.78, 5) is 26.8. The maximum Gasteiger partial charge on any atom is 0.255 e. The lowest BCUT2D eigenvalue weighted by Crippen LogP contribution is -2.13.